The molecule has 0 fully saturated rings. The highest BCUT2D eigenvalue weighted by Crippen LogP contribution is 2.27. The zero-order chi connectivity index (χ0) is 14.4. The first kappa shape index (κ1) is 16.1. The number of nitrogens with zero attached hydrogens (tertiary/aromatic N) is 2. The van der Waals surface area contributed by atoms with Gasteiger partial charge >= 0.3 is 0 Å². The summed E-state index contributed by atoms with van der Waals surface area (Å²) in [5.41, 5.74) is 5.83. The highest BCUT2D eigenvalue weighted by Gasteiger charge is 2.18. The number of nitrogens with two attached hydrogens (primary N) is 1. The number of hydrogen-bond donors (Lipinski definition) is 2. The van der Waals surface area contributed by atoms with Crippen molar-refractivity contribution in [3.05, 3.63) is 4.88 Å². The Labute approximate surface area is 123 Å². The first-order chi connectivity index (χ1) is 9.03. The van der Waals surface area contributed by atoms with Gasteiger partial charge in [-0.2, -0.15) is 11.8 Å². The number of nitrogen functional groups attached to an aromatic ring is 1. The Bertz CT molecular complexity index is 418. The molecule has 0 aliphatic carbocycles. The Kier molecular flexibility index (Phi) is 6.44. The van der Waals surface area contributed by atoms with Gasteiger partial charge in [0, 0.05) is 24.9 Å². The van der Waals surface area contributed by atoms with E-state index in [-0.39, 0.29) is 5.91 Å². The number of carbonyl (C=O) groups is 1. The van der Waals surface area contributed by atoms with E-state index >= 15 is 0 Å². The van der Waals surface area contributed by atoms with Crippen molar-refractivity contribution >= 4 is 40.0 Å². The molecule has 0 radical (unpaired) electrons. The number of amides is 1. The topological polar surface area (TPSA) is 71.2 Å². The van der Waals surface area contributed by atoms with Gasteiger partial charge in [0.2, 0.25) is 0 Å². The normalized spacial score (nSPS) is 12.2. The molecule has 1 aromatic heterocycles. The summed E-state index contributed by atoms with van der Waals surface area (Å²) in [5, 5.41) is 4.09. The van der Waals surface area contributed by atoms with Gasteiger partial charge in [0.1, 0.15) is 10.7 Å². The standard InChI is InChI=1S/C12H22N4OS2/c1-5-16(6-2)12-15-10(13)9(19-12)11(17)14-7-8(3)18-4/h8H,5-7,13H2,1-4H3,(H,14,17). The van der Waals surface area contributed by atoms with Crippen molar-refractivity contribution in [1.29, 1.82) is 0 Å². The van der Waals surface area contributed by atoms with E-state index in [1.54, 1.807) is 11.8 Å². The summed E-state index contributed by atoms with van der Waals surface area (Å²) in [6.45, 7) is 8.53. The lowest BCUT2D eigenvalue weighted by molar-refractivity contribution is 0.0959. The third-order valence-corrected chi connectivity index (χ3v) is 4.94. The van der Waals surface area contributed by atoms with Crippen molar-refractivity contribution in [2.45, 2.75) is 26.0 Å². The van der Waals surface area contributed by atoms with Gasteiger partial charge in [-0.1, -0.05) is 18.3 Å². The van der Waals surface area contributed by atoms with Crippen LogP contribution >= 0.6 is 23.1 Å². The fourth-order valence-corrected chi connectivity index (χ4v) is 2.79. The van der Waals surface area contributed by atoms with E-state index in [9.17, 15) is 4.79 Å². The van der Waals surface area contributed by atoms with Gasteiger partial charge in [0.05, 0.1) is 0 Å². The third kappa shape index (κ3) is 4.28. The average molecular weight is 302 g/mol. The first-order valence-electron chi connectivity index (χ1n) is 6.35. The van der Waals surface area contributed by atoms with Crippen molar-refractivity contribution in [2.75, 3.05) is 36.5 Å². The molecule has 5 nitrogen and oxygen atoms in total. The van der Waals surface area contributed by atoms with E-state index in [4.69, 9.17) is 5.73 Å². The molecule has 1 unspecified atom stereocenters. The second-order valence-electron chi connectivity index (χ2n) is 4.14. The number of thioether (sulfide) groups is 1. The molecule has 0 saturated heterocycles. The summed E-state index contributed by atoms with van der Waals surface area (Å²) < 4.78 is 0. The lowest BCUT2D eigenvalue weighted by Crippen LogP contribution is -2.29. The van der Waals surface area contributed by atoms with Gasteiger partial charge in [-0.25, -0.2) is 4.98 Å². The molecule has 0 bridgehead atoms. The number of thiazole rings is 1. The average Bonchev–Trinajstić information content (AvgIpc) is 2.79. The van der Waals surface area contributed by atoms with Crippen molar-refractivity contribution in [3.8, 4) is 0 Å². The molecule has 1 amide bonds. The number of nitrogens with one attached hydrogen (secondary N) is 1. The van der Waals surface area contributed by atoms with Gasteiger partial charge < -0.3 is 16.0 Å². The van der Waals surface area contributed by atoms with Crippen molar-refractivity contribution in [1.82, 2.24) is 10.3 Å². The van der Waals surface area contributed by atoms with Crippen LogP contribution in [0.25, 0.3) is 0 Å². The summed E-state index contributed by atoms with van der Waals surface area (Å²) in [5.74, 6) is 0.190. The molecule has 108 valence electrons. The molecule has 0 aliphatic heterocycles. The third-order valence-electron chi connectivity index (χ3n) is 2.83. The molecule has 19 heavy (non-hydrogen) atoms. The predicted octanol–water partition coefficient (Wildman–Crippen LogP) is 2.05. The van der Waals surface area contributed by atoms with Crippen LogP contribution in [-0.2, 0) is 0 Å². The molecule has 0 aromatic carbocycles. The summed E-state index contributed by atoms with van der Waals surface area (Å²) in [6.07, 6.45) is 2.02. The Morgan fingerprint density at radius 2 is 2.16 bits per heavy atom. The van der Waals surface area contributed by atoms with Crippen LogP contribution in [0.2, 0.25) is 0 Å². The molecule has 1 atom stereocenters. The molecular formula is C12H22N4OS2. The zero-order valence-electron chi connectivity index (χ0n) is 11.9. The summed E-state index contributed by atoms with van der Waals surface area (Å²) in [6, 6.07) is 0. The Morgan fingerprint density at radius 3 is 2.68 bits per heavy atom. The molecule has 7 heteroatoms. The van der Waals surface area contributed by atoms with E-state index in [0.717, 1.165) is 18.2 Å². The zero-order valence-corrected chi connectivity index (χ0v) is 13.5. The number of hydrogen-bond acceptors (Lipinski definition) is 6. The highest BCUT2D eigenvalue weighted by atomic mass is 32.2. The molecule has 0 spiro atoms. The minimum Gasteiger partial charge on any atom is -0.382 e. The summed E-state index contributed by atoms with van der Waals surface area (Å²) >= 11 is 3.07. The fraction of sp³-hybridized carbons (Fsp3) is 0.667. The van der Waals surface area contributed by atoms with Crippen LogP contribution in [0.4, 0.5) is 10.9 Å². The second kappa shape index (κ2) is 7.59. The molecule has 0 saturated carbocycles. The minimum atomic E-state index is -0.130. The van der Waals surface area contributed by atoms with Crippen LogP contribution in [0.15, 0.2) is 0 Å². The van der Waals surface area contributed by atoms with Crippen LogP contribution in [0.1, 0.15) is 30.4 Å². The maximum Gasteiger partial charge on any atom is 0.265 e. The number of rotatable bonds is 7. The van der Waals surface area contributed by atoms with Gasteiger partial charge in [-0.3, -0.25) is 4.79 Å². The van der Waals surface area contributed by atoms with Gasteiger partial charge in [0.25, 0.3) is 5.91 Å². The van der Waals surface area contributed by atoms with Crippen LogP contribution < -0.4 is 16.0 Å². The minimum absolute atomic E-state index is 0.130. The van der Waals surface area contributed by atoms with E-state index < -0.39 is 0 Å². The van der Waals surface area contributed by atoms with E-state index in [2.05, 4.69) is 36.0 Å². The van der Waals surface area contributed by atoms with Crippen LogP contribution in [0, 0.1) is 0 Å². The van der Waals surface area contributed by atoms with Crippen molar-refractivity contribution in [2.24, 2.45) is 0 Å². The second-order valence-corrected chi connectivity index (χ2v) is 6.39. The fourth-order valence-electron chi connectivity index (χ4n) is 1.51. The van der Waals surface area contributed by atoms with Crippen LogP contribution in [0.3, 0.4) is 0 Å². The van der Waals surface area contributed by atoms with Crippen LogP contribution in [0.5, 0.6) is 0 Å². The Hall–Kier alpha value is -0.950. The van der Waals surface area contributed by atoms with E-state index in [0.29, 0.717) is 22.5 Å². The number of anilines is 2. The van der Waals surface area contributed by atoms with E-state index in [1.165, 1.54) is 11.3 Å². The summed E-state index contributed by atoms with van der Waals surface area (Å²) in [7, 11) is 0. The maximum atomic E-state index is 12.1. The Balaban J connectivity index is 2.75. The van der Waals surface area contributed by atoms with Gasteiger partial charge in [-0.05, 0) is 20.1 Å². The Morgan fingerprint density at radius 1 is 1.53 bits per heavy atom. The quantitative estimate of drug-likeness (QED) is 0.806. The summed E-state index contributed by atoms with van der Waals surface area (Å²) in [4.78, 5) is 18.9. The predicted molar refractivity (Wildman–Crippen MR) is 85.4 cm³/mol. The maximum absolute atomic E-state index is 12.1. The largest absolute Gasteiger partial charge is 0.382 e. The van der Waals surface area contributed by atoms with E-state index in [1.807, 2.05) is 6.26 Å². The SMILES string of the molecule is CCN(CC)c1nc(N)c(C(=O)NCC(C)SC)s1. The van der Waals surface area contributed by atoms with Crippen molar-refractivity contribution < 1.29 is 4.79 Å². The molecular weight excluding hydrogens is 280 g/mol. The van der Waals surface area contributed by atoms with Gasteiger partial charge in [0.15, 0.2) is 5.13 Å². The van der Waals surface area contributed by atoms with Gasteiger partial charge in [-0.15, -0.1) is 0 Å². The molecule has 0 aliphatic rings. The smallest absolute Gasteiger partial charge is 0.265 e. The molecule has 1 heterocycles. The molecule has 1 rings (SSSR count). The highest BCUT2D eigenvalue weighted by molar-refractivity contribution is 7.99. The molecule has 3 N–H and O–H groups in total. The van der Waals surface area contributed by atoms with Crippen molar-refractivity contribution in [3.63, 3.8) is 0 Å². The first-order valence-corrected chi connectivity index (χ1v) is 8.46. The monoisotopic (exact) mass is 302 g/mol. The lowest BCUT2D eigenvalue weighted by atomic mass is 10.4. The number of carbonyl (C=O) groups excluding carboxylic acids is 1. The van der Waals surface area contributed by atoms with Crippen LogP contribution in [-0.4, -0.2) is 42.0 Å². The number of aromatic nitrogens is 1. The molecule has 1 aromatic rings. The lowest BCUT2D eigenvalue weighted by Gasteiger charge is -2.16.